The molecule has 0 amide bonds. The lowest BCUT2D eigenvalue weighted by Crippen LogP contribution is -2.36. The summed E-state index contributed by atoms with van der Waals surface area (Å²) in [4.78, 5) is 22.8. The summed E-state index contributed by atoms with van der Waals surface area (Å²) in [7, 11) is 0. The van der Waals surface area contributed by atoms with E-state index in [2.05, 4.69) is 38.7 Å². The first-order valence-electron chi connectivity index (χ1n) is 12.6. The zero-order valence-corrected chi connectivity index (χ0v) is 19.9. The number of hydrogen-bond donors (Lipinski definition) is 1. The molecule has 1 aliphatic heterocycles. The number of nitrogens with one attached hydrogen (secondary N) is 1. The molecule has 6 rings (SSSR count). The molecule has 0 bridgehead atoms. The summed E-state index contributed by atoms with van der Waals surface area (Å²) in [6.45, 7) is 4.70. The number of imidazole rings is 2. The van der Waals surface area contributed by atoms with Crippen LogP contribution in [0.15, 0.2) is 76.1 Å². The summed E-state index contributed by atoms with van der Waals surface area (Å²) in [5.41, 5.74) is 4.12. The SMILES string of the molecule is O=c1[nH]c2ccccc2n1CCCN1CCC(Cc2nc3ccccc3n2Cc2ccco2)CC1. The molecule has 0 saturated carbocycles. The van der Waals surface area contributed by atoms with Gasteiger partial charge in [0.05, 0.1) is 34.9 Å². The van der Waals surface area contributed by atoms with Crippen molar-refractivity contribution in [2.75, 3.05) is 19.6 Å². The highest BCUT2D eigenvalue weighted by atomic mass is 16.3. The van der Waals surface area contributed by atoms with E-state index in [0.717, 1.165) is 73.7 Å². The number of likely N-dealkylation sites (tertiary alicyclic amines) is 1. The van der Waals surface area contributed by atoms with Crippen molar-refractivity contribution < 1.29 is 4.42 Å². The standard InChI is InChI=1S/C28H31N5O2/c34-28-30-24-9-2-3-10-25(24)32(28)15-6-14-31-16-12-21(13-17-31)19-27-29-23-8-1-4-11-26(23)33(27)20-22-7-5-18-35-22/h1-5,7-11,18,21H,6,12-17,19-20H2,(H,30,34). The number of aryl methyl sites for hydroxylation is 1. The van der Waals surface area contributed by atoms with Gasteiger partial charge in [0, 0.05) is 13.0 Å². The lowest BCUT2D eigenvalue weighted by Gasteiger charge is -2.32. The van der Waals surface area contributed by atoms with E-state index in [4.69, 9.17) is 9.40 Å². The van der Waals surface area contributed by atoms with Gasteiger partial charge in [-0.25, -0.2) is 9.78 Å². The molecule has 5 aromatic rings. The number of para-hydroxylation sites is 4. The van der Waals surface area contributed by atoms with E-state index in [9.17, 15) is 4.79 Å². The highest BCUT2D eigenvalue weighted by Crippen LogP contribution is 2.25. The third kappa shape index (κ3) is 4.56. The molecule has 0 spiro atoms. The van der Waals surface area contributed by atoms with E-state index in [0.29, 0.717) is 5.92 Å². The second-order valence-electron chi connectivity index (χ2n) is 9.62. The van der Waals surface area contributed by atoms with Crippen LogP contribution in [0.25, 0.3) is 22.1 Å². The third-order valence-electron chi connectivity index (χ3n) is 7.34. The molecule has 0 unspecified atom stereocenters. The average molecular weight is 470 g/mol. The number of furan rings is 1. The number of rotatable bonds is 8. The van der Waals surface area contributed by atoms with Crippen molar-refractivity contribution in [1.29, 1.82) is 0 Å². The molecule has 4 heterocycles. The Kier molecular flexibility index (Phi) is 6.00. The van der Waals surface area contributed by atoms with Gasteiger partial charge in [-0.1, -0.05) is 24.3 Å². The van der Waals surface area contributed by atoms with Crippen LogP contribution in [0.3, 0.4) is 0 Å². The van der Waals surface area contributed by atoms with Crippen LogP contribution >= 0.6 is 0 Å². The molecule has 0 aliphatic carbocycles. The van der Waals surface area contributed by atoms with E-state index in [1.807, 2.05) is 41.0 Å². The molecule has 1 fully saturated rings. The number of hydrogen-bond acceptors (Lipinski definition) is 4. The molecule has 1 aliphatic rings. The van der Waals surface area contributed by atoms with Gasteiger partial charge < -0.3 is 18.9 Å². The minimum absolute atomic E-state index is 0.0117. The highest BCUT2D eigenvalue weighted by Gasteiger charge is 2.22. The first-order chi connectivity index (χ1) is 17.2. The number of benzene rings is 2. The Balaban J connectivity index is 1.06. The summed E-state index contributed by atoms with van der Waals surface area (Å²) in [6, 6.07) is 20.3. The summed E-state index contributed by atoms with van der Waals surface area (Å²) in [5.74, 6) is 2.74. The molecule has 180 valence electrons. The fourth-order valence-corrected chi connectivity index (χ4v) is 5.47. The van der Waals surface area contributed by atoms with Crippen molar-refractivity contribution in [1.82, 2.24) is 24.0 Å². The molecular formula is C28H31N5O2. The Morgan fingerprint density at radius 3 is 2.54 bits per heavy atom. The van der Waals surface area contributed by atoms with Crippen molar-refractivity contribution in [2.45, 2.75) is 38.8 Å². The van der Waals surface area contributed by atoms with Crippen LogP contribution in [-0.4, -0.2) is 43.6 Å². The van der Waals surface area contributed by atoms with E-state index >= 15 is 0 Å². The number of nitrogens with zero attached hydrogens (tertiary/aromatic N) is 4. The molecule has 2 aromatic carbocycles. The van der Waals surface area contributed by atoms with Gasteiger partial charge in [-0.2, -0.15) is 0 Å². The van der Waals surface area contributed by atoms with Crippen LogP contribution in [-0.2, 0) is 19.5 Å². The van der Waals surface area contributed by atoms with Crippen molar-refractivity contribution in [3.8, 4) is 0 Å². The summed E-state index contributed by atoms with van der Waals surface area (Å²) in [6.07, 6.45) is 6.06. The van der Waals surface area contributed by atoms with Crippen molar-refractivity contribution in [2.24, 2.45) is 5.92 Å². The number of aromatic nitrogens is 4. The fraction of sp³-hybridized carbons (Fsp3) is 0.357. The fourth-order valence-electron chi connectivity index (χ4n) is 5.47. The molecule has 0 atom stereocenters. The maximum absolute atomic E-state index is 12.3. The predicted octanol–water partition coefficient (Wildman–Crippen LogP) is 4.67. The van der Waals surface area contributed by atoms with Crippen LogP contribution in [0.1, 0.15) is 30.8 Å². The van der Waals surface area contributed by atoms with Gasteiger partial charge in [0.15, 0.2) is 0 Å². The van der Waals surface area contributed by atoms with Gasteiger partial charge in [-0.15, -0.1) is 0 Å². The highest BCUT2D eigenvalue weighted by molar-refractivity contribution is 5.76. The van der Waals surface area contributed by atoms with Crippen LogP contribution in [0.2, 0.25) is 0 Å². The van der Waals surface area contributed by atoms with Gasteiger partial charge in [-0.3, -0.25) is 4.57 Å². The van der Waals surface area contributed by atoms with Gasteiger partial charge in [0.1, 0.15) is 11.6 Å². The molecule has 0 radical (unpaired) electrons. The minimum Gasteiger partial charge on any atom is -0.467 e. The van der Waals surface area contributed by atoms with Crippen molar-refractivity contribution in [3.63, 3.8) is 0 Å². The van der Waals surface area contributed by atoms with Crippen molar-refractivity contribution >= 4 is 22.1 Å². The Labute approximate surface area is 204 Å². The Morgan fingerprint density at radius 1 is 0.914 bits per heavy atom. The zero-order valence-electron chi connectivity index (χ0n) is 19.9. The molecule has 7 heteroatoms. The predicted molar refractivity (Wildman–Crippen MR) is 138 cm³/mol. The lowest BCUT2D eigenvalue weighted by atomic mass is 9.93. The first-order valence-corrected chi connectivity index (χ1v) is 12.6. The maximum Gasteiger partial charge on any atom is 0.326 e. The van der Waals surface area contributed by atoms with Gasteiger partial charge >= 0.3 is 5.69 Å². The van der Waals surface area contributed by atoms with Gasteiger partial charge in [0.25, 0.3) is 0 Å². The maximum atomic E-state index is 12.3. The first kappa shape index (κ1) is 21.9. The van der Waals surface area contributed by atoms with Crippen molar-refractivity contribution in [3.05, 3.63) is 89.0 Å². The molecule has 3 aromatic heterocycles. The Hall–Kier alpha value is -3.58. The topological polar surface area (TPSA) is 72.0 Å². The molecule has 7 nitrogen and oxygen atoms in total. The minimum atomic E-state index is -0.0117. The van der Waals surface area contributed by atoms with E-state index < -0.39 is 0 Å². The molecular weight excluding hydrogens is 438 g/mol. The number of aromatic amines is 1. The van der Waals surface area contributed by atoms with Crippen LogP contribution in [0.4, 0.5) is 0 Å². The lowest BCUT2D eigenvalue weighted by molar-refractivity contribution is 0.178. The molecule has 1 N–H and O–H groups in total. The second kappa shape index (κ2) is 9.58. The smallest absolute Gasteiger partial charge is 0.326 e. The van der Waals surface area contributed by atoms with E-state index in [-0.39, 0.29) is 5.69 Å². The van der Waals surface area contributed by atoms with Gasteiger partial charge in [0.2, 0.25) is 0 Å². The summed E-state index contributed by atoms with van der Waals surface area (Å²) < 4.78 is 9.82. The molecule has 1 saturated heterocycles. The van der Waals surface area contributed by atoms with Crippen LogP contribution in [0.5, 0.6) is 0 Å². The zero-order chi connectivity index (χ0) is 23.6. The summed E-state index contributed by atoms with van der Waals surface area (Å²) >= 11 is 0. The van der Waals surface area contributed by atoms with E-state index in [1.54, 1.807) is 6.26 Å². The van der Waals surface area contributed by atoms with Gasteiger partial charge in [-0.05, 0) is 81.2 Å². The quantitative estimate of drug-likeness (QED) is 0.359. The Bertz CT molecular complexity index is 1470. The second-order valence-corrected chi connectivity index (χ2v) is 9.62. The number of fused-ring (bicyclic) bond motifs is 2. The Morgan fingerprint density at radius 2 is 1.71 bits per heavy atom. The number of piperidine rings is 1. The average Bonchev–Trinajstić information content (AvgIpc) is 3.59. The van der Waals surface area contributed by atoms with E-state index in [1.165, 1.54) is 18.4 Å². The normalized spacial score (nSPS) is 15.4. The third-order valence-corrected chi connectivity index (χ3v) is 7.34. The molecule has 35 heavy (non-hydrogen) atoms. The van der Waals surface area contributed by atoms with Crippen LogP contribution in [0, 0.1) is 5.92 Å². The largest absolute Gasteiger partial charge is 0.467 e. The monoisotopic (exact) mass is 469 g/mol. The van der Waals surface area contributed by atoms with Crippen LogP contribution < -0.4 is 5.69 Å². The summed E-state index contributed by atoms with van der Waals surface area (Å²) in [5, 5.41) is 0. The number of H-pyrrole nitrogens is 1.